The molecule has 1 heterocycles. The van der Waals surface area contributed by atoms with E-state index in [-0.39, 0.29) is 22.1 Å². The maximum absolute atomic E-state index is 13.0. The van der Waals surface area contributed by atoms with E-state index in [1.54, 1.807) is 30.3 Å². The second kappa shape index (κ2) is 9.93. The number of halogens is 1. The molecule has 4 aromatic rings. The van der Waals surface area contributed by atoms with Crippen molar-refractivity contribution in [2.45, 2.75) is 11.4 Å². The Morgan fingerprint density at radius 3 is 2.33 bits per heavy atom. The number of amides is 2. The van der Waals surface area contributed by atoms with Crippen LogP contribution >= 0.6 is 27.7 Å². The van der Waals surface area contributed by atoms with Gasteiger partial charge < -0.3 is 4.18 Å². The predicted octanol–water partition coefficient (Wildman–Crippen LogP) is 6.61. The molecule has 1 saturated heterocycles. The van der Waals surface area contributed by atoms with Gasteiger partial charge in [0.15, 0.2) is 0 Å². The van der Waals surface area contributed by atoms with Crippen molar-refractivity contribution in [3.8, 4) is 5.75 Å². The minimum atomic E-state index is -4.14. The lowest BCUT2D eigenvalue weighted by Gasteiger charge is -2.12. The molecule has 36 heavy (non-hydrogen) atoms. The van der Waals surface area contributed by atoms with Crippen LogP contribution in [0.2, 0.25) is 0 Å². The Morgan fingerprint density at radius 1 is 0.861 bits per heavy atom. The van der Waals surface area contributed by atoms with Gasteiger partial charge in [0.25, 0.3) is 11.1 Å². The van der Waals surface area contributed by atoms with Crippen LogP contribution in [0.1, 0.15) is 11.1 Å². The Balaban J connectivity index is 1.41. The number of nitrogens with zero attached hydrogens (tertiary/aromatic N) is 1. The summed E-state index contributed by atoms with van der Waals surface area (Å²) in [7, 11) is -4.14. The lowest BCUT2D eigenvalue weighted by atomic mass is 10.1. The van der Waals surface area contributed by atoms with E-state index in [9.17, 15) is 18.0 Å². The molecule has 0 aliphatic carbocycles. The highest BCUT2D eigenvalue weighted by molar-refractivity contribution is 9.10. The molecule has 9 heteroatoms. The molecule has 6 nitrogen and oxygen atoms in total. The van der Waals surface area contributed by atoms with Crippen LogP contribution in [0.25, 0.3) is 16.8 Å². The monoisotopic (exact) mass is 579 g/mol. The Bertz CT molecular complexity index is 1630. The van der Waals surface area contributed by atoms with Crippen LogP contribution in [0.3, 0.4) is 0 Å². The third-order valence-electron chi connectivity index (χ3n) is 5.54. The maximum Gasteiger partial charge on any atom is 0.339 e. The normalized spacial score (nSPS) is 15.1. The summed E-state index contributed by atoms with van der Waals surface area (Å²) in [6.07, 6.45) is 1.48. The second-order valence-electron chi connectivity index (χ2n) is 7.98. The van der Waals surface area contributed by atoms with Crippen LogP contribution in [0, 0.1) is 0 Å². The van der Waals surface area contributed by atoms with E-state index >= 15 is 0 Å². The lowest BCUT2D eigenvalue weighted by Crippen LogP contribution is -2.27. The van der Waals surface area contributed by atoms with Crippen molar-refractivity contribution in [3.63, 3.8) is 0 Å². The van der Waals surface area contributed by atoms with Gasteiger partial charge >= 0.3 is 10.1 Å². The smallest absolute Gasteiger partial charge is 0.339 e. The topological polar surface area (TPSA) is 80.8 Å². The first-order valence-corrected chi connectivity index (χ1v) is 13.8. The van der Waals surface area contributed by atoms with Gasteiger partial charge in [-0.15, -0.1) is 0 Å². The Morgan fingerprint density at radius 2 is 1.56 bits per heavy atom. The molecular formula is C27H18BrNO5S2. The Hall–Kier alpha value is -3.40. The van der Waals surface area contributed by atoms with E-state index in [0.717, 1.165) is 37.5 Å². The first-order chi connectivity index (χ1) is 17.3. The SMILES string of the molecule is O=C1S/C(=C\c2ccccc2OS(=O)(=O)c2ccc3ccccc3c2)C(=O)N1Cc1ccc(Br)cc1. The van der Waals surface area contributed by atoms with Crippen LogP contribution in [0.5, 0.6) is 5.75 Å². The van der Waals surface area contributed by atoms with E-state index in [2.05, 4.69) is 15.9 Å². The first kappa shape index (κ1) is 24.3. The van der Waals surface area contributed by atoms with E-state index in [1.807, 2.05) is 48.5 Å². The third kappa shape index (κ3) is 5.09. The van der Waals surface area contributed by atoms with Crippen LogP contribution in [-0.2, 0) is 21.5 Å². The van der Waals surface area contributed by atoms with E-state index in [1.165, 1.54) is 18.2 Å². The standard InChI is InChI=1S/C27H18BrNO5S2/c28-22-12-9-18(10-13-22)17-29-26(30)25(35-27(29)31)16-21-7-3-4-8-24(21)34-36(32,33)23-14-11-19-5-1-2-6-20(19)15-23/h1-16H,17H2/b25-16-. The van der Waals surface area contributed by atoms with Gasteiger partial charge in [-0.05, 0) is 64.5 Å². The number of rotatable bonds is 6. The van der Waals surface area contributed by atoms with Crippen molar-refractivity contribution in [1.29, 1.82) is 0 Å². The van der Waals surface area contributed by atoms with Crippen LogP contribution in [0.15, 0.2) is 105 Å². The van der Waals surface area contributed by atoms with Gasteiger partial charge in [0.2, 0.25) is 0 Å². The molecule has 0 saturated carbocycles. The van der Waals surface area contributed by atoms with Gasteiger partial charge in [0.05, 0.1) is 11.4 Å². The minimum absolute atomic E-state index is 0.0193. The molecule has 0 atom stereocenters. The number of thioether (sulfide) groups is 1. The molecule has 0 aromatic heterocycles. The van der Waals surface area contributed by atoms with Gasteiger partial charge in [-0.25, -0.2) is 0 Å². The van der Waals surface area contributed by atoms with Gasteiger partial charge in [0.1, 0.15) is 10.6 Å². The van der Waals surface area contributed by atoms with Gasteiger partial charge in [-0.1, -0.05) is 76.6 Å². The van der Waals surface area contributed by atoms with Crippen molar-refractivity contribution in [3.05, 3.63) is 112 Å². The van der Waals surface area contributed by atoms with Gasteiger partial charge in [0, 0.05) is 10.0 Å². The number of carbonyl (C=O) groups is 2. The molecule has 2 amide bonds. The number of fused-ring (bicyclic) bond motifs is 1. The molecule has 0 radical (unpaired) electrons. The average molecular weight is 580 g/mol. The summed E-state index contributed by atoms with van der Waals surface area (Å²) in [6, 6.07) is 26.0. The Kier molecular flexibility index (Phi) is 6.70. The maximum atomic E-state index is 13.0. The minimum Gasteiger partial charge on any atom is -0.378 e. The van der Waals surface area contributed by atoms with Crippen molar-refractivity contribution in [2.24, 2.45) is 0 Å². The van der Waals surface area contributed by atoms with Gasteiger partial charge in [-0.2, -0.15) is 8.42 Å². The highest BCUT2D eigenvalue weighted by Gasteiger charge is 2.35. The molecule has 5 rings (SSSR count). The largest absolute Gasteiger partial charge is 0.378 e. The van der Waals surface area contributed by atoms with E-state index in [0.29, 0.717) is 5.56 Å². The number of hydrogen-bond acceptors (Lipinski definition) is 6. The fourth-order valence-electron chi connectivity index (χ4n) is 3.71. The van der Waals surface area contributed by atoms with Crippen molar-refractivity contribution in [1.82, 2.24) is 4.90 Å². The molecule has 1 aliphatic rings. The third-order valence-corrected chi connectivity index (χ3v) is 8.21. The predicted molar refractivity (Wildman–Crippen MR) is 144 cm³/mol. The molecule has 4 aromatic carbocycles. The summed E-state index contributed by atoms with van der Waals surface area (Å²) in [6.45, 7) is 0.143. The number of benzene rings is 4. The summed E-state index contributed by atoms with van der Waals surface area (Å²) >= 11 is 4.17. The molecule has 0 unspecified atom stereocenters. The van der Waals surface area contributed by atoms with Crippen LogP contribution in [0.4, 0.5) is 4.79 Å². The number of imide groups is 1. The average Bonchev–Trinajstić information content (AvgIpc) is 3.13. The van der Waals surface area contributed by atoms with Crippen LogP contribution < -0.4 is 4.18 Å². The Labute approximate surface area is 220 Å². The zero-order valence-corrected chi connectivity index (χ0v) is 21.8. The summed E-state index contributed by atoms with van der Waals surface area (Å²) in [5.74, 6) is -0.384. The fourth-order valence-corrected chi connectivity index (χ4v) is 5.80. The summed E-state index contributed by atoms with van der Waals surface area (Å²) in [5, 5.41) is 1.29. The van der Waals surface area contributed by atoms with Crippen molar-refractivity contribution in [2.75, 3.05) is 0 Å². The number of carbonyl (C=O) groups excluding carboxylic acids is 2. The quantitative estimate of drug-likeness (QED) is 0.189. The molecule has 0 N–H and O–H groups in total. The van der Waals surface area contributed by atoms with Crippen molar-refractivity contribution < 1.29 is 22.2 Å². The molecule has 1 aliphatic heterocycles. The second-order valence-corrected chi connectivity index (χ2v) is 11.4. The molecule has 1 fully saturated rings. The number of para-hydroxylation sites is 1. The summed E-state index contributed by atoms with van der Waals surface area (Å²) < 4.78 is 32.5. The molecule has 0 bridgehead atoms. The number of hydrogen-bond donors (Lipinski definition) is 0. The fraction of sp³-hybridized carbons (Fsp3) is 0.0370. The lowest BCUT2D eigenvalue weighted by molar-refractivity contribution is -0.123. The van der Waals surface area contributed by atoms with Crippen molar-refractivity contribution >= 4 is 65.8 Å². The van der Waals surface area contributed by atoms with E-state index < -0.39 is 21.3 Å². The van der Waals surface area contributed by atoms with Gasteiger partial charge in [-0.3, -0.25) is 14.5 Å². The molecule has 0 spiro atoms. The summed E-state index contributed by atoms with van der Waals surface area (Å²) in [4.78, 5) is 26.9. The highest BCUT2D eigenvalue weighted by atomic mass is 79.9. The zero-order valence-electron chi connectivity index (χ0n) is 18.6. The zero-order chi connectivity index (χ0) is 25.3. The van der Waals surface area contributed by atoms with E-state index in [4.69, 9.17) is 4.18 Å². The summed E-state index contributed by atoms with van der Waals surface area (Å²) in [5.41, 5.74) is 1.18. The molecule has 180 valence electrons. The first-order valence-electron chi connectivity index (χ1n) is 10.8. The highest BCUT2D eigenvalue weighted by Crippen LogP contribution is 2.35. The van der Waals surface area contributed by atoms with Crippen LogP contribution in [-0.4, -0.2) is 24.5 Å². The molecular weight excluding hydrogens is 562 g/mol.